The second-order valence-electron chi connectivity index (χ2n) is 6.10. The predicted octanol–water partition coefficient (Wildman–Crippen LogP) is 4.62. The van der Waals surface area contributed by atoms with Gasteiger partial charge in [-0.1, -0.05) is 6.07 Å². The van der Waals surface area contributed by atoms with Crippen LogP contribution >= 0.6 is 11.3 Å². The fraction of sp³-hybridized carbons (Fsp3) is 0.238. The Labute approximate surface area is 165 Å². The number of fused-ring (bicyclic) bond motifs is 1. The van der Waals surface area contributed by atoms with Crippen LogP contribution in [0.1, 0.15) is 32.5 Å². The number of ether oxygens (including phenoxy) is 3. The zero-order valence-corrected chi connectivity index (χ0v) is 16.5. The first-order chi connectivity index (χ1) is 13.5. The summed E-state index contributed by atoms with van der Waals surface area (Å²) >= 11 is 1.12. The standard InChI is InChI=1S/C21H19FO5S/c1-12(19(23)13-7-9-14(26-3)10-8-13)27-21(24)20-15(11-25-2)18-16(22)5-4-6-17(18)28-20/h4-10,12H,11H2,1-3H3/t12-/m0/s1. The van der Waals surface area contributed by atoms with Crippen LogP contribution in [-0.4, -0.2) is 32.1 Å². The van der Waals surface area contributed by atoms with Gasteiger partial charge in [0.05, 0.1) is 13.7 Å². The molecule has 3 aromatic rings. The summed E-state index contributed by atoms with van der Waals surface area (Å²) in [5, 5.41) is 0.343. The third-order valence-electron chi connectivity index (χ3n) is 4.26. The van der Waals surface area contributed by atoms with Gasteiger partial charge in [-0.15, -0.1) is 11.3 Å². The quantitative estimate of drug-likeness (QED) is 0.426. The summed E-state index contributed by atoms with van der Waals surface area (Å²) in [4.78, 5) is 25.5. The fourth-order valence-corrected chi connectivity index (χ4v) is 3.98. The van der Waals surface area contributed by atoms with Crippen LogP contribution in [0.25, 0.3) is 10.1 Å². The summed E-state index contributed by atoms with van der Waals surface area (Å²) in [6.07, 6.45) is -0.994. The van der Waals surface area contributed by atoms with Crippen molar-refractivity contribution in [1.29, 1.82) is 0 Å². The van der Waals surface area contributed by atoms with Gasteiger partial charge < -0.3 is 14.2 Å². The number of Topliss-reactive ketones (excluding diaryl/α,β-unsaturated/α-hetero) is 1. The van der Waals surface area contributed by atoms with E-state index in [9.17, 15) is 14.0 Å². The number of hydrogen-bond acceptors (Lipinski definition) is 6. The SMILES string of the molecule is COCc1c(C(=O)O[C@@H](C)C(=O)c2ccc(OC)cc2)sc2cccc(F)c12. The Hall–Kier alpha value is -2.77. The van der Waals surface area contributed by atoms with Crippen molar-refractivity contribution in [2.24, 2.45) is 0 Å². The van der Waals surface area contributed by atoms with Gasteiger partial charge in [0.1, 0.15) is 16.4 Å². The Morgan fingerprint density at radius 1 is 1.11 bits per heavy atom. The lowest BCUT2D eigenvalue weighted by atomic mass is 10.1. The minimum atomic E-state index is -0.994. The van der Waals surface area contributed by atoms with Crippen LogP contribution in [0.4, 0.5) is 4.39 Å². The van der Waals surface area contributed by atoms with Crippen LogP contribution < -0.4 is 4.74 Å². The summed E-state index contributed by atoms with van der Waals surface area (Å²) in [5.74, 6) is -0.821. The molecule has 0 saturated heterocycles. The Kier molecular flexibility index (Phi) is 6.06. The summed E-state index contributed by atoms with van der Waals surface area (Å²) in [7, 11) is 3.00. The highest BCUT2D eigenvalue weighted by molar-refractivity contribution is 7.21. The maximum atomic E-state index is 14.3. The van der Waals surface area contributed by atoms with Crippen LogP contribution in [-0.2, 0) is 16.1 Å². The number of methoxy groups -OCH3 is 2. The first-order valence-electron chi connectivity index (χ1n) is 8.54. The molecule has 0 fully saturated rings. The molecule has 146 valence electrons. The van der Waals surface area contributed by atoms with E-state index in [0.29, 0.717) is 27.0 Å². The average Bonchev–Trinajstić information content (AvgIpc) is 3.07. The first-order valence-corrected chi connectivity index (χ1v) is 9.36. The predicted molar refractivity (Wildman–Crippen MR) is 105 cm³/mol. The van der Waals surface area contributed by atoms with Crippen molar-refractivity contribution in [3.05, 3.63) is 64.3 Å². The number of rotatable bonds is 7. The van der Waals surface area contributed by atoms with Gasteiger partial charge in [0.2, 0.25) is 5.78 Å². The van der Waals surface area contributed by atoms with Gasteiger partial charge in [-0.3, -0.25) is 4.79 Å². The molecule has 7 heteroatoms. The summed E-state index contributed by atoms with van der Waals surface area (Å²) in [5.41, 5.74) is 0.829. The molecule has 0 aliphatic rings. The van der Waals surface area contributed by atoms with Gasteiger partial charge >= 0.3 is 5.97 Å². The topological polar surface area (TPSA) is 61.8 Å². The normalized spacial score (nSPS) is 12.0. The molecule has 0 saturated carbocycles. The Balaban J connectivity index is 1.84. The van der Waals surface area contributed by atoms with Crippen molar-refractivity contribution < 1.29 is 28.2 Å². The van der Waals surface area contributed by atoms with E-state index >= 15 is 0 Å². The molecule has 0 bridgehead atoms. The highest BCUT2D eigenvalue weighted by Gasteiger charge is 2.26. The number of benzene rings is 2. The number of carbonyl (C=O) groups is 2. The molecular formula is C21H19FO5S. The lowest BCUT2D eigenvalue weighted by molar-refractivity contribution is 0.0320. The molecule has 0 aliphatic heterocycles. The monoisotopic (exact) mass is 402 g/mol. The highest BCUT2D eigenvalue weighted by Crippen LogP contribution is 2.34. The molecule has 0 aliphatic carbocycles. The van der Waals surface area contributed by atoms with Gasteiger partial charge in [-0.05, 0) is 43.3 Å². The van der Waals surface area contributed by atoms with Gasteiger partial charge in [0.15, 0.2) is 6.10 Å². The molecule has 0 N–H and O–H groups in total. The second-order valence-corrected chi connectivity index (χ2v) is 7.15. The van der Waals surface area contributed by atoms with Gasteiger partial charge in [-0.25, -0.2) is 9.18 Å². The highest BCUT2D eigenvalue weighted by atomic mass is 32.1. The fourth-order valence-electron chi connectivity index (χ4n) is 2.87. The molecule has 0 spiro atoms. The molecule has 28 heavy (non-hydrogen) atoms. The molecular weight excluding hydrogens is 383 g/mol. The van der Waals surface area contributed by atoms with E-state index < -0.39 is 17.9 Å². The van der Waals surface area contributed by atoms with Crippen molar-refractivity contribution in [1.82, 2.24) is 0 Å². The van der Waals surface area contributed by atoms with Gasteiger partial charge in [-0.2, -0.15) is 0 Å². The minimum Gasteiger partial charge on any atom is -0.497 e. The third-order valence-corrected chi connectivity index (χ3v) is 5.44. The second kappa shape index (κ2) is 8.50. The molecule has 0 amide bonds. The maximum Gasteiger partial charge on any atom is 0.349 e. The van der Waals surface area contributed by atoms with E-state index in [1.165, 1.54) is 27.2 Å². The van der Waals surface area contributed by atoms with Crippen molar-refractivity contribution in [2.45, 2.75) is 19.6 Å². The average molecular weight is 402 g/mol. The third kappa shape index (κ3) is 3.90. The van der Waals surface area contributed by atoms with E-state index in [1.54, 1.807) is 36.4 Å². The number of hydrogen-bond donors (Lipinski definition) is 0. The number of thiophene rings is 1. The summed E-state index contributed by atoms with van der Waals surface area (Å²) in [6, 6.07) is 11.2. The van der Waals surface area contributed by atoms with Crippen LogP contribution in [0.3, 0.4) is 0 Å². The Bertz CT molecular complexity index is 1010. The first kappa shape index (κ1) is 20.0. The molecule has 0 radical (unpaired) electrons. The molecule has 0 unspecified atom stereocenters. The molecule has 2 aromatic carbocycles. The zero-order valence-electron chi connectivity index (χ0n) is 15.7. The van der Waals surface area contributed by atoms with Crippen LogP contribution in [0.5, 0.6) is 5.75 Å². The smallest absolute Gasteiger partial charge is 0.349 e. The van der Waals surface area contributed by atoms with Crippen LogP contribution in [0.2, 0.25) is 0 Å². The Morgan fingerprint density at radius 2 is 1.82 bits per heavy atom. The summed E-state index contributed by atoms with van der Waals surface area (Å²) in [6.45, 7) is 1.57. The lowest BCUT2D eigenvalue weighted by Gasteiger charge is -2.13. The van der Waals surface area contributed by atoms with Crippen molar-refractivity contribution >= 4 is 33.2 Å². The molecule has 5 nitrogen and oxygen atoms in total. The number of esters is 1. The molecule has 3 rings (SSSR count). The van der Waals surface area contributed by atoms with E-state index in [2.05, 4.69) is 0 Å². The largest absolute Gasteiger partial charge is 0.497 e. The zero-order chi connectivity index (χ0) is 20.3. The maximum absolute atomic E-state index is 14.3. The molecule has 1 heterocycles. The van der Waals surface area contributed by atoms with Gasteiger partial charge in [0.25, 0.3) is 0 Å². The molecule has 1 atom stereocenters. The van der Waals surface area contributed by atoms with Crippen molar-refractivity contribution in [3.8, 4) is 5.75 Å². The van der Waals surface area contributed by atoms with E-state index in [1.807, 2.05) is 0 Å². The number of carbonyl (C=O) groups excluding carboxylic acids is 2. The molecule has 1 aromatic heterocycles. The summed E-state index contributed by atoms with van der Waals surface area (Å²) < 4.78 is 30.5. The van der Waals surface area contributed by atoms with E-state index in [0.717, 1.165) is 11.3 Å². The van der Waals surface area contributed by atoms with E-state index in [-0.39, 0.29) is 17.3 Å². The lowest BCUT2D eigenvalue weighted by Crippen LogP contribution is -2.24. The van der Waals surface area contributed by atoms with Crippen LogP contribution in [0.15, 0.2) is 42.5 Å². The van der Waals surface area contributed by atoms with Crippen LogP contribution in [0, 0.1) is 5.82 Å². The number of ketones is 1. The van der Waals surface area contributed by atoms with Crippen molar-refractivity contribution in [2.75, 3.05) is 14.2 Å². The number of halogens is 1. The Morgan fingerprint density at radius 3 is 2.46 bits per heavy atom. The van der Waals surface area contributed by atoms with Crippen molar-refractivity contribution in [3.63, 3.8) is 0 Å². The minimum absolute atomic E-state index is 0.0617. The van der Waals surface area contributed by atoms with E-state index in [4.69, 9.17) is 14.2 Å². The van der Waals surface area contributed by atoms with Gasteiger partial charge in [0, 0.05) is 28.3 Å².